The smallest absolute Gasteiger partial charge is 0.325 e. The fraction of sp³-hybridized carbons (Fsp3) is 0.435. The lowest BCUT2D eigenvalue weighted by atomic mass is 9.90. The van der Waals surface area contributed by atoms with Crippen LogP contribution in [0.2, 0.25) is 0 Å². The molecule has 2 aromatic rings. The Bertz CT molecular complexity index is 940. The van der Waals surface area contributed by atoms with Gasteiger partial charge in [0.25, 0.3) is 5.91 Å². The molecule has 3 rings (SSSR count). The third-order valence-corrected chi connectivity index (χ3v) is 5.49. The van der Waals surface area contributed by atoms with Gasteiger partial charge in [-0.05, 0) is 55.0 Å². The summed E-state index contributed by atoms with van der Waals surface area (Å²) in [4.78, 5) is 38.9. The van der Waals surface area contributed by atoms with Gasteiger partial charge in [0.05, 0.1) is 0 Å². The number of hydrogen-bond donors (Lipinski definition) is 2. The maximum atomic E-state index is 13.1. The minimum Gasteiger partial charge on any atom is -0.352 e. The van der Waals surface area contributed by atoms with Gasteiger partial charge in [-0.1, -0.05) is 50.2 Å². The van der Waals surface area contributed by atoms with E-state index in [1.807, 2.05) is 49.4 Å². The molecule has 29 heavy (non-hydrogen) atoms. The number of carbonyl (C=O) groups excluding carboxylic acids is 3. The molecule has 6 nitrogen and oxygen atoms in total. The number of rotatable bonds is 7. The zero-order valence-electron chi connectivity index (χ0n) is 17.5. The first kappa shape index (κ1) is 20.8. The fourth-order valence-electron chi connectivity index (χ4n) is 3.66. The summed E-state index contributed by atoms with van der Waals surface area (Å²) >= 11 is 0. The number of fused-ring (bicyclic) bond motifs is 1. The van der Waals surface area contributed by atoms with Crippen LogP contribution in [0, 0.1) is 5.92 Å². The first-order valence-corrected chi connectivity index (χ1v) is 10.1. The van der Waals surface area contributed by atoms with Gasteiger partial charge in [-0.15, -0.1) is 0 Å². The zero-order valence-corrected chi connectivity index (χ0v) is 17.5. The summed E-state index contributed by atoms with van der Waals surface area (Å²) in [5.74, 6) is -0.182. The highest BCUT2D eigenvalue weighted by atomic mass is 16.2. The number of urea groups is 1. The van der Waals surface area contributed by atoms with Crippen LogP contribution in [-0.2, 0) is 15.1 Å². The van der Waals surface area contributed by atoms with Gasteiger partial charge in [0.1, 0.15) is 12.1 Å². The Morgan fingerprint density at radius 2 is 1.76 bits per heavy atom. The van der Waals surface area contributed by atoms with Crippen LogP contribution in [0.4, 0.5) is 4.79 Å². The van der Waals surface area contributed by atoms with E-state index in [2.05, 4.69) is 24.5 Å². The van der Waals surface area contributed by atoms with Crippen molar-refractivity contribution in [3.63, 3.8) is 0 Å². The molecule has 1 aliphatic rings. The Kier molecular flexibility index (Phi) is 5.91. The summed E-state index contributed by atoms with van der Waals surface area (Å²) in [7, 11) is 0. The third-order valence-electron chi connectivity index (χ3n) is 5.49. The number of nitrogens with zero attached hydrogens (tertiary/aromatic N) is 1. The maximum absolute atomic E-state index is 13.1. The molecule has 2 N–H and O–H groups in total. The van der Waals surface area contributed by atoms with E-state index in [9.17, 15) is 14.4 Å². The van der Waals surface area contributed by atoms with Gasteiger partial charge < -0.3 is 10.6 Å². The number of hydrogen-bond acceptors (Lipinski definition) is 3. The normalized spacial score (nSPS) is 20.2. The van der Waals surface area contributed by atoms with Crippen molar-refractivity contribution in [2.24, 2.45) is 5.92 Å². The van der Waals surface area contributed by atoms with E-state index in [1.54, 1.807) is 6.92 Å². The van der Waals surface area contributed by atoms with E-state index < -0.39 is 17.5 Å². The number of benzene rings is 2. The minimum atomic E-state index is -1.19. The molecule has 4 amide bonds. The summed E-state index contributed by atoms with van der Waals surface area (Å²) in [5, 5.41) is 7.70. The molecule has 0 radical (unpaired) electrons. The Labute approximate surface area is 171 Å². The molecular weight excluding hydrogens is 366 g/mol. The second-order valence-corrected chi connectivity index (χ2v) is 8.45. The van der Waals surface area contributed by atoms with Gasteiger partial charge in [0.2, 0.25) is 5.91 Å². The molecule has 2 atom stereocenters. The van der Waals surface area contributed by atoms with Gasteiger partial charge in [-0.3, -0.25) is 14.5 Å². The lowest BCUT2D eigenvalue weighted by molar-refractivity contribution is -0.135. The van der Waals surface area contributed by atoms with Crippen molar-refractivity contribution in [2.75, 3.05) is 6.54 Å². The van der Waals surface area contributed by atoms with Crippen LogP contribution in [0.5, 0.6) is 0 Å². The monoisotopic (exact) mass is 395 g/mol. The molecule has 0 aliphatic carbocycles. The minimum absolute atomic E-state index is 0.00228. The molecule has 154 valence electrons. The van der Waals surface area contributed by atoms with E-state index >= 15 is 0 Å². The van der Waals surface area contributed by atoms with Gasteiger partial charge in [0, 0.05) is 6.04 Å². The first-order valence-electron chi connectivity index (χ1n) is 10.1. The molecule has 0 saturated carbocycles. The molecule has 0 aromatic heterocycles. The van der Waals surface area contributed by atoms with Crippen LogP contribution in [0.1, 0.15) is 46.1 Å². The van der Waals surface area contributed by atoms with Crippen molar-refractivity contribution >= 4 is 28.6 Å². The average Bonchev–Trinajstić information content (AvgIpc) is 2.90. The van der Waals surface area contributed by atoms with Crippen molar-refractivity contribution in [1.29, 1.82) is 0 Å². The molecule has 6 heteroatoms. The van der Waals surface area contributed by atoms with Crippen LogP contribution in [0.3, 0.4) is 0 Å². The van der Waals surface area contributed by atoms with Gasteiger partial charge in [0.15, 0.2) is 0 Å². The van der Waals surface area contributed by atoms with E-state index in [4.69, 9.17) is 0 Å². The standard InChI is InChI=1S/C23H29N3O3/c1-15(2)9-10-16(3)24-20(27)14-26-21(28)23(4,25-22(26)29)19-12-11-17-7-5-6-8-18(17)13-19/h5-8,11-13,15-16H,9-10,14H2,1-4H3,(H,24,27)(H,25,29)/t16-,23+/m1/s1. The molecule has 0 spiro atoms. The van der Waals surface area contributed by atoms with E-state index in [0.717, 1.165) is 28.5 Å². The lowest BCUT2D eigenvalue weighted by Crippen LogP contribution is -2.45. The molecule has 0 unspecified atom stereocenters. The fourth-order valence-corrected chi connectivity index (χ4v) is 3.66. The quantitative estimate of drug-likeness (QED) is 0.704. The van der Waals surface area contributed by atoms with Gasteiger partial charge in [-0.2, -0.15) is 0 Å². The Morgan fingerprint density at radius 3 is 2.45 bits per heavy atom. The summed E-state index contributed by atoms with van der Waals surface area (Å²) in [5.41, 5.74) is -0.493. The second-order valence-electron chi connectivity index (χ2n) is 8.45. The molecule has 1 fully saturated rings. The highest BCUT2D eigenvalue weighted by molar-refractivity contribution is 6.09. The van der Waals surface area contributed by atoms with Crippen LogP contribution < -0.4 is 10.6 Å². The Morgan fingerprint density at radius 1 is 1.07 bits per heavy atom. The van der Waals surface area contributed by atoms with Crippen LogP contribution in [0.25, 0.3) is 10.8 Å². The van der Waals surface area contributed by atoms with E-state index in [0.29, 0.717) is 11.5 Å². The molecule has 2 aromatic carbocycles. The molecule has 1 saturated heterocycles. The molecular formula is C23H29N3O3. The number of amides is 4. The average molecular weight is 396 g/mol. The molecule has 0 bridgehead atoms. The number of imide groups is 1. The number of nitrogens with one attached hydrogen (secondary N) is 2. The third kappa shape index (κ3) is 4.42. The van der Waals surface area contributed by atoms with Gasteiger partial charge >= 0.3 is 6.03 Å². The van der Waals surface area contributed by atoms with Crippen molar-refractivity contribution in [3.8, 4) is 0 Å². The largest absolute Gasteiger partial charge is 0.352 e. The zero-order chi connectivity index (χ0) is 21.2. The van der Waals surface area contributed by atoms with Crippen LogP contribution in [-0.4, -0.2) is 35.3 Å². The summed E-state index contributed by atoms with van der Waals surface area (Å²) in [6, 6.07) is 13.0. The highest BCUT2D eigenvalue weighted by Crippen LogP contribution is 2.30. The van der Waals surface area contributed by atoms with Gasteiger partial charge in [-0.25, -0.2) is 4.79 Å². The molecule has 1 heterocycles. The first-order chi connectivity index (χ1) is 13.7. The Balaban J connectivity index is 1.72. The van der Waals surface area contributed by atoms with Crippen molar-refractivity contribution in [1.82, 2.24) is 15.5 Å². The highest BCUT2D eigenvalue weighted by Gasteiger charge is 2.49. The topological polar surface area (TPSA) is 78.5 Å². The van der Waals surface area contributed by atoms with E-state index in [-0.39, 0.29) is 18.5 Å². The van der Waals surface area contributed by atoms with Crippen molar-refractivity contribution < 1.29 is 14.4 Å². The predicted octanol–water partition coefficient (Wildman–Crippen LogP) is 3.55. The summed E-state index contributed by atoms with van der Waals surface area (Å²) < 4.78 is 0. The van der Waals surface area contributed by atoms with Crippen LogP contribution in [0.15, 0.2) is 42.5 Å². The molecule has 1 aliphatic heterocycles. The lowest BCUT2D eigenvalue weighted by Gasteiger charge is -2.23. The predicted molar refractivity (Wildman–Crippen MR) is 113 cm³/mol. The summed E-state index contributed by atoms with van der Waals surface area (Å²) in [6.07, 6.45) is 1.86. The maximum Gasteiger partial charge on any atom is 0.325 e. The second kappa shape index (κ2) is 8.23. The number of carbonyl (C=O) groups is 3. The van der Waals surface area contributed by atoms with Crippen molar-refractivity contribution in [3.05, 3.63) is 48.0 Å². The van der Waals surface area contributed by atoms with E-state index in [1.165, 1.54) is 0 Å². The van der Waals surface area contributed by atoms with Crippen molar-refractivity contribution in [2.45, 2.75) is 52.1 Å². The SMILES string of the molecule is CC(C)CC[C@@H](C)NC(=O)CN1C(=O)N[C@@](C)(c2ccc3ccccc3c2)C1=O. The summed E-state index contributed by atoms with van der Waals surface area (Å²) in [6.45, 7) is 7.61. The Hall–Kier alpha value is -2.89. The van der Waals surface area contributed by atoms with Crippen LogP contribution >= 0.6 is 0 Å².